The second-order valence-corrected chi connectivity index (χ2v) is 6.26. The summed E-state index contributed by atoms with van der Waals surface area (Å²) in [5.41, 5.74) is 4.17. The van der Waals surface area contributed by atoms with Gasteiger partial charge in [0, 0.05) is 12.1 Å². The minimum Gasteiger partial charge on any atom is -0.303 e. The van der Waals surface area contributed by atoms with Gasteiger partial charge >= 0.3 is 0 Å². The zero-order valence-electron chi connectivity index (χ0n) is 13.0. The van der Waals surface area contributed by atoms with Crippen molar-refractivity contribution < 1.29 is 0 Å². The summed E-state index contributed by atoms with van der Waals surface area (Å²) in [4.78, 5) is 0. The Bertz CT molecular complexity index is 554. The minimum absolute atomic E-state index is 0.441. The number of hydrogen-bond donors (Lipinski definition) is 1. The Kier molecular flexibility index (Phi) is 4.40. The lowest BCUT2D eigenvalue weighted by atomic mass is 9.97. The molecule has 1 heteroatoms. The van der Waals surface area contributed by atoms with Crippen molar-refractivity contribution in [2.45, 2.75) is 45.2 Å². The average Bonchev–Trinajstić information content (AvgIpc) is 3.35. The monoisotopic (exact) mass is 279 g/mol. The van der Waals surface area contributed by atoms with Crippen molar-refractivity contribution in [1.29, 1.82) is 0 Å². The van der Waals surface area contributed by atoms with Crippen LogP contribution in [0.2, 0.25) is 0 Å². The quantitative estimate of drug-likeness (QED) is 0.767. The maximum absolute atomic E-state index is 3.92. The molecule has 1 saturated carbocycles. The minimum atomic E-state index is 0.441. The Morgan fingerprint density at radius 1 is 0.952 bits per heavy atom. The fourth-order valence-corrected chi connectivity index (χ4v) is 3.06. The molecule has 1 aliphatic carbocycles. The van der Waals surface area contributed by atoms with Crippen molar-refractivity contribution in [3.05, 3.63) is 71.3 Å². The summed E-state index contributed by atoms with van der Waals surface area (Å²) < 4.78 is 0. The Labute approximate surface area is 128 Å². The van der Waals surface area contributed by atoms with E-state index in [9.17, 15) is 0 Å². The van der Waals surface area contributed by atoms with Gasteiger partial charge in [-0.3, -0.25) is 0 Å². The van der Waals surface area contributed by atoms with E-state index < -0.39 is 0 Å². The maximum atomic E-state index is 3.92. The third-order valence-corrected chi connectivity index (χ3v) is 4.52. The molecule has 0 heterocycles. The largest absolute Gasteiger partial charge is 0.303 e. The first-order chi connectivity index (χ1) is 10.3. The molecule has 2 atom stereocenters. The second-order valence-electron chi connectivity index (χ2n) is 6.26. The lowest BCUT2D eigenvalue weighted by Crippen LogP contribution is -2.27. The first-order valence-corrected chi connectivity index (χ1v) is 8.15. The number of hydrogen-bond acceptors (Lipinski definition) is 1. The molecule has 21 heavy (non-hydrogen) atoms. The van der Waals surface area contributed by atoms with Crippen LogP contribution in [0.15, 0.2) is 54.6 Å². The van der Waals surface area contributed by atoms with Gasteiger partial charge in [0.2, 0.25) is 0 Å². The number of rotatable bonds is 6. The van der Waals surface area contributed by atoms with Gasteiger partial charge in [-0.25, -0.2) is 0 Å². The molecule has 2 unspecified atom stereocenters. The molecule has 2 aromatic carbocycles. The number of benzene rings is 2. The molecule has 0 bridgehead atoms. The molecule has 1 fully saturated rings. The molecule has 0 radical (unpaired) electrons. The third-order valence-electron chi connectivity index (χ3n) is 4.52. The Morgan fingerprint density at radius 3 is 2.19 bits per heavy atom. The lowest BCUT2D eigenvalue weighted by molar-refractivity contribution is 0.402. The molecule has 0 aromatic heterocycles. The summed E-state index contributed by atoms with van der Waals surface area (Å²) in [6, 6.07) is 20.8. The lowest BCUT2D eigenvalue weighted by Gasteiger charge is -2.26. The zero-order chi connectivity index (χ0) is 14.7. The van der Waals surface area contributed by atoms with Gasteiger partial charge < -0.3 is 5.32 Å². The predicted octanol–water partition coefficient (Wildman–Crippen LogP) is 5.19. The van der Waals surface area contributed by atoms with Crippen LogP contribution in [0.4, 0.5) is 0 Å². The van der Waals surface area contributed by atoms with Crippen LogP contribution in [0.25, 0.3) is 0 Å². The Hall–Kier alpha value is -1.60. The van der Waals surface area contributed by atoms with Crippen LogP contribution in [0.3, 0.4) is 0 Å². The molecule has 110 valence electrons. The molecule has 0 saturated heterocycles. The summed E-state index contributed by atoms with van der Waals surface area (Å²) in [7, 11) is 0. The fraction of sp³-hybridized carbons (Fsp3) is 0.400. The summed E-state index contributed by atoms with van der Waals surface area (Å²) in [6.07, 6.45) is 3.84. The van der Waals surface area contributed by atoms with E-state index in [0.717, 1.165) is 12.3 Å². The van der Waals surface area contributed by atoms with Crippen molar-refractivity contribution in [2.75, 3.05) is 0 Å². The van der Waals surface area contributed by atoms with E-state index in [1.165, 1.54) is 29.5 Å². The van der Waals surface area contributed by atoms with Gasteiger partial charge in [-0.05, 0) is 43.2 Å². The fourth-order valence-electron chi connectivity index (χ4n) is 3.06. The van der Waals surface area contributed by atoms with E-state index in [4.69, 9.17) is 0 Å². The predicted molar refractivity (Wildman–Crippen MR) is 89.3 cm³/mol. The summed E-state index contributed by atoms with van der Waals surface area (Å²) in [5.74, 6) is 0.812. The molecule has 1 N–H and O–H groups in total. The molecule has 0 spiro atoms. The summed E-state index contributed by atoms with van der Waals surface area (Å²) in [5, 5.41) is 3.92. The van der Waals surface area contributed by atoms with Crippen molar-refractivity contribution in [1.82, 2.24) is 5.32 Å². The molecule has 3 rings (SSSR count). The normalized spacial score (nSPS) is 17.4. The molecular weight excluding hydrogens is 254 g/mol. The molecule has 0 aliphatic heterocycles. The van der Waals surface area contributed by atoms with Crippen LogP contribution in [0.1, 0.15) is 55.0 Å². The third kappa shape index (κ3) is 3.54. The van der Waals surface area contributed by atoms with Crippen molar-refractivity contribution in [3.8, 4) is 0 Å². The molecular formula is C20H25N. The van der Waals surface area contributed by atoms with Crippen molar-refractivity contribution in [3.63, 3.8) is 0 Å². The average molecular weight is 279 g/mol. The van der Waals surface area contributed by atoms with Gasteiger partial charge in [-0.1, -0.05) is 67.1 Å². The zero-order valence-corrected chi connectivity index (χ0v) is 13.0. The van der Waals surface area contributed by atoms with Gasteiger partial charge in [-0.2, -0.15) is 0 Å². The van der Waals surface area contributed by atoms with Crippen LogP contribution < -0.4 is 5.32 Å². The maximum Gasteiger partial charge on any atom is 0.0354 e. The van der Waals surface area contributed by atoms with Crippen LogP contribution in [-0.2, 0) is 0 Å². The standard InChI is InChI=1S/C20H25N/c1-3-19(16-11-9-15(2)10-12-16)21-20(18-13-14-18)17-7-5-4-6-8-17/h4-12,18-21H,3,13-14H2,1-2H3. The van der Waals surface area contributed by atoms with E-state index in [-0.39, 0.29) is 0 Å². The van der Waals surface area contributed by atoms with Crippen molar-refractivity contribution in [2.24, 2.45) is 5.92 Å². The van der Waals surface area contributed by atoms with E-state index in [1.807, 2.05) is 0 Å². The smallest absolute Gasteiger partial charge is 0.0354 e. The van der Waals surface area contributed by atoms with Crippen LogP contribution >= 0.6 is 0 Å². The molecule has 1 aliphatic rings. The number of aryl methyl sites for hydroxylation is 1. The second kappa shape index (κ2) is 6.44. The Morgan fingerprint density at radius 2 is 1.62 bits per heavy atom. The first kappa shape index (κ1) is 14.3. The highest BCUT2D eigenvalue weighted by Gasteiger charge is 2.33. The topological polar surface area (TPSA) is 12.0 Å². The van der Waals surface area contributed by atoms with Crippen LogP contribution in [-0.4, -0.2) is 0 Å². The van der Waals surface area contributed by atoms with Gasteiger partial charge in [0.05, 0.1) is 0 Å². The van der Waals surface area contributed by atoms with Gasteiger partial charge in [0.1, 0.15) is 0 Å². The van der Waals surface area contributed by atoms with E-state index in [1.54, 1.807) is 0 Å². The summed E-state index contributed by atoms with van der Waals surface area (Å²) in [6.45, 7) is 4.42. The van der Waals surface area contributed by atoms with Gasteiger partial charge in [0.25, 0.3) is 0 Å². The van der Waals surface area contributed by atoms with E-state index in [2.05, 4.69) is 73.8 Å². The van der Waals surface area contributed by atoms with Gasteiger partial charge in [-0.15, -0.1) is 0 Å². The highest BCUT2D eigenvalue weighted by Crippen LogP contribution is 2.42. The molecule has 2 aromatic rings. The number of nitrogens with one attached hydrogen (secondary N) is 1. The SMILES string of the molecule is CCC(NC(c1ccccc1)C1CC1)c1ccc(C)cc1. The van der Waals surface area contributed by atoms with Crippen LogP contribution in [0, 0.1) is 12.8 Å². The van der Waals surface area contributed by atoms with E-state index >= 15 is 0 Å². The van der Waals surface area contributed by atoms with Gasteiger partial charge in [0.15, 0.2) is 0 Å². The highest BCUT2D eigenvalue weighted by molar-refractivity contribution is 5.26. The van der Waals surface area contributed by atoms with Crippen molar-refractivity contribution >= 4 is 0 Å². The van der Waals surface area contributed by atoms with Crippen LogP contribution in [0.5, 0.6) is 0 Å². The van der Waals surface area contributed by atoms with E-state index in [0.29, 0.717) is 12.1 Å². The first-order valence-electron chi connectivity index (χ1n) is 8.15. The molecule has 1 nitrogen and oxygen atoms in total. The Balaban J connectivity index is 1.79. The summed E-state index contributed by atoms with van der Waals surface area (Å²) >= 11 is 0. The highest BCUT2D eigenvalue weighted by atomic mass is 15.0. The molecule has 0 amide bonds.